The van der Waals surface area contributed by atoms with Crippen molar-refractivity contribution in [3.05, 3.63) is 0 Å². The number of ketones is 1. The minimum absolute atomic E-state index is 0.202. The molecule has 0 N–H and O–H groups in total. The quantitative estimate of drug-likeness (QED) is 0.457. The summed E-state index contributed by atoms with van der Waals surface area (Å²) in [5.41, 5.74) is 0.187. The van der Waals surface area contributed by atoms with Gasteiger partial charge in [0, 0.05) is 30.1 Å². The molecular weight excluding hydrogens is 384 g/mol. The first kappa shape index (κ1) is 21.1. The zero-order valence-corrected chi connectivity index (χ0v) is 20.5. The summed E-state index contributed by atoms with van der Waals surface area (Å²) >= 11 is 0. The van der Waals surface area contributed by atoms with E-state index in [-0.39, 0.29) is 11.5 Å². The molecule has 12 atom stereocenters. The van der Waals surface area contributed by atoms with Crippen LogP contribution in [0.3, 0.4) is 0 Å². The predicted molar refractivity (Wildman–Crippen MR) is 121 cm³/mol. The van der Waals surface area contributed by atoms with Gasteiger partial charge in [0.25, 0.3) is 0 Å². The molecule has 6 aliphatic rings. The van der Waals surface area contributed by atoms with E-state index >= 15 is 0 Å². The maximum Gasteiger partial charge on any atom is 0.171 e. The number of Topliss-reactive ketones (excluding diaryl/α,β-unsaturated/α-hetero) is 1. The Labute approximate surface area is 189 Å². The summed E-state index contributed by atoms with van der Waals surface area (Å²) in [4.78, 5) is 14.0. The molecule has 2 heterocycles. The standard InChI is InChI=1S/C28H44O3/c1-16-8-10-26(4)19(12-16)6-7-20-21(26)14-24(29)27(5)22(20)13-23-25(27)18(3)28(31-23)11-9-17(2)15-30-28/h16-23,25H,6-15H2,1-5H3/t16?,17?,18-,19?,20?,21?,22?,23?,25?,26-,27+,28?/m0/s1. The lowest BCUT2D eigenvalue weighted by Gasteiger charge is -2.60. The zero-order valence-electron chi connectivity index (χ0n) is 20.5. The number of carbonyl (C=O) groups excluding carboxylic acids is 1. The smallest absolute Gasteiger partial charge is 0.171 e. The highest BCUT2D eigenvalue weighted by Crippen LogP contribution is 2.70. The van der Waals surface area contributed by atoms with Gasteiger partial charge in [-0.1, -0.05) is 41.0 Å². The normalized spacial score (nSPS) is 60.9. The molecule has 0 radical (unpaired) electrons. The number of hydrogen-bond donors (Lipinski definition) is 0. The second-order valence-corrected chi connectivity index (χ2v) is 13.4. The van der Waals surface area contributed by atoms with Crippen LogP contribution in [0.1, 0.15) is 92.4 Å². The third-order valence-electron chi connectivity index (χ3n) is 12.1. The summed E-state index contributed by atoms with van der Waals surface area (Å²) < 4.78 is 13.2. The fraction of sp³-hybridized carbons (Fsp3) is 0.964. The third-order valence-corrected chi connectivity index (χ3v) is 12.1. The van der Waals surface area contributed by atoms with E-state index in [4.69, 9.17) is 9.47 Å². The molecule has 174 valence electrons. The van der Waals surface area contributed by atoms with Crippen molar-refractivity contribution in [2.75, 3.05) is 6.61 Å². The Morgan fingerprint density at radius 3 is 2.42 bits per heavy atom. The maximum atomic E-state index is 14.0. The molecule has 3 heteroatoms. The average molecular weight is 429 g/mol. The molecule has 0 aromatic carbocycles. The van der Waals surface area contributed by atoms with Gasteiger partial charge in [0.2, 0.25) is 0 Å². The van der Waals surface area contributed by atoms with E-state index in [1.54, 1.807) is 0 Å². The van der Waals surface area contributed by atoms with E-state index in [2.05, 4.69) is 34.6 Å². The number of rotatable bonds is 0. The first-order chi connectivity index (χ1) is 14.7. The van der Waals surface area contributed by atoms with E-state index in [0.29, 0.717) is 40.8 Å². The van der Waals surface area contributed by atoms with Crippen molar-refractivity contribution in [1.82, 2.24) is 0 Å². The molecule has 2 aliphatic heterocycles. The molecular formula is C28H44O3. The summed E-state index contributed by atoms with van der Waals surface area (Å²) in [6.07, 6.45) is 11.1. The van der Waals surface area contributed by atoms with E-state index in [1.165, 1.54) is 38.5 Å². The van der Waals surface area contributed by atoms with Gasteiger partial charge in [0.15, 0.2) is 5.79 Å². The first-order valence-electron chi connectivity index (χ1n) is 13.5. The van der Waals surface area contributed by atoms with E-state index in [0.717, 1.165) is 43.6 Å². The molecule has 2 saturated heterocycles. The largest absolute Gasteiger partial charge is 0.349 e. The van der Waals surface area contributed by atoms with E-state index in [1.807, 2.05) is 0 Å². The minimum Gasteiger partial charge on any atom is -0.349 e. The lowest BCUT2D eigenvalue weighted by Crippen LogP contribution is -2.58. The maximum absolute atomic E-state index is 14.0. The third kappa shape index (κ3) is 2.69. The van der Waals surface area contributed by atoms with Crippen molar-refractivity contribution in [3.63, 3.8) is 0 Å². The van der Waals surface area contributed by atoms with Crippen LogP contribution in [0.15, 0.2) is 0 Å². The molecule has 6 fully saturated rings. The molecule has 6 rings (SSSR count). The Hall–Kier alpha value is -0.410. The molecule has 4 aliphatic carbocycles. The van der Waals surface area contributed by atoms with Crippen molar-refractivity contribution in [2.24, 2.45) is 58.2 Å². The van der Waals surface area contributed by atoms with Gasteiger partial charge in [0.1, 0.15) is 5.78 Å². The molecule has 0 aromatic heterocycles. The van der Waals surface area contributed by atoms with Gasteiger partial charge in [-0.3, -0.25) is 4.79 Å². The fourth-order valence-corrected chi connectivity index (χ4v) is 10.2. The van der Waals surface area contributed by atoms with Gasteiger partial charge < -0.3 is 9.47 Å². The number of ether oxygens (including phenoxy) is 2. The van der Waals surface area contributed by atoms with Crippen molar-refractivity contribution in [3.8, 4) is 0 Å². The molecule has 1 spiro atoms. The Morgan fingerprint density at radius 2 is 1.68 bits per heavy atom. The monoisotopic (exact) mass is 428 g/mol. The van der Waals surface area contributed by atoms with Gasteiger partial charge in [-0.15, -0.1) is 0 Å². The van der Waals surface area contributed by atoms with E-state index < -0.39 is 5.79 Å². The van der Waals surface area contributed by atoms with Gasteiger partial charge in [-0.2, -0.15) is 0 Å². The van der Waals surface area contributed by atoms with Crippen molar-refractivity contribution < 1.29 is 14.3 Å². The summed E-state index contributed by atoms with van der Waals surface area (Å²) in [6, 6.07) is 0. The van der Waals surface area contributed by atoms with Crippen LogP contribution in [0.5, 0.6) is 0 Å². The molecule has 0 bridgehead atoms. The van der Waals surface area contributed by atoms with Gasteiger partial charge in [0.05, 0.1) is 12.7 Å². The average Bonchev–Trinajstić information content (AvgIpc) is 3.18. The molecule has 0 amide bonds. The lowest BCUT2D eigenvalue weighted by molar-refractivity contribution is -0.272. The fourth-order valence-electron chi connectivity index (χ4n) is 10.2. The van der Waals surface area contributed by atoms with Crippen LogP contribution in [0.4, 0.5) is 0 Å². The molecule has 3 nitrogen and oxygen atoms in total. The van der Waals surface area contributed by atoms with E-state index in [9.17, 15) is 4.79 Å². The van der Waals surface area contributed by atoms with Crippen LogP contribution in [0.2, 0.25) is 0 Å². The Bertz CT molecular complexity index is 753. The molecule has 0 aromatic rings. The highest BCUT2D eigenvalue weighted by Gasteiger charge is 2.71. The minimum atomic E-state index is -0.421. The van der Waals surface area contributed by atoms with Crippen LogP contribution >= 0.6 is 0 Å². The lowest BCUT2D eigenvalue weighted by atomic mass is 9.43. The summed E-state index contributed by atoms with van der Waals surface area (Å²) in [5, 5.41) is 0. The summed E-state index contributed by atoms with van der Waals surface area (Å²) in [7, 11) is 0. The molecule has 31 heavy (non-hydrogen) atoms. The van der Waals surface area contributed by atoms with Crippen LogP contribution in [-0.4, -0.2) is 24.3 Å². The second kappa shape index (κ2) is 6.81. The Morgan fingerprint density at radius 1 is 0.903 bits per heavy atom. The Balaban J connectivity index is 1.30. The highest BCUT2D eigenvalue weighted by molar-refractivity contribution is 5.87. The number of fused-ring (bicyclic) bond motifs is 7. The predicted octanol–water partition coefficient (Wildman–Crippen LogP) is 6.25. The van der Waals surface area contributed by atoms with Gasteiger partial charge in [-0.25, -0.2) is 0 Å². The van der Waals surface area contributed by atoms with Crippen LogP contribution in [0.25, 0.3) is 0 Å². The van der Waals surface area contributed by atoms with Crippen LogP contribution in [-0.2, 0) is 14.3 Å². The van der Waals surface area contributed by atoms with Gasteiger partial charge in [-0.05, 0) is 79.4 Å². The second-order valence-electron chi connectivity index (χ2n) is 13.4. The topological polar surface area (TPSA) is 35.5 Å². The van der Waals surface area contributed by atoms with Crippen molar-refractivity contribution >= 4 is 5.78 Å². The van der Waals surface area contributed by atoms with Crippen LogP contribution in [0, 0.1) is 58.2 Å². The molecule has 9 unspecified atom stereocenters. The van der Waals surface area contributed by atoms with Crippen LogP contribution < -0.4 is 0 Å². The first-order valence-corrected chi connectivity index (χ1v) is 13.5. The van der Waals surface area contributed by atoms with Crippen molar-refractivity contribution in [1.29, 1.82) is 0 Å². The summed E-state index contributed by atoms with van der Waals surface area (Å²) in [5.74, 6) is 5.00. The number of hydrogen-bond acceptors (Lipinski definition) is 3. The number of carbonyl (C=O) groups is 1. The van der Waals surface area contributed by atoms with Gasteiger partial charge >= 0.3 is 0 Å². The SMILES string of the molecule is CC1CCC2(OC1)OC1CC3C4CCC5CC(C)CC[C@]5(C)C4CC(=O)[C@]3(C)C1[C@@H]2C. The highest BCUT2D eigenvalue weighted by atomic mass is 16.7. The van der Waals surface area contributed by atoms with Crippen molar-refractivity contribution in [2.45, 2.75) is 104 Å². The zero-order chi connectivity index (χ0) is 21.8. The Kier molecular flexibility index (Phi) is 4.65. The molecule has 4 saturated carbocycles. The summed E-state index contributed by atoms with van der Waals surface area (Å²) in [6.45, 7) is 12.8.